The Kier molecular flexibility index (Phi) is 5.98. The summed E-state index contributed by atoms with van der Waals surface area (Å²) in [5, 5.41) is 11.6. The molecular weight excluding hydrogens is 384 g/mol. The summed E-state index contributed by atoms with van der Waals surface area (Å²) < 4.78 is 32.1. The number of carboxylic acids is 1. The molecule has 0 saturated heterocycles. The van der Waals surface area contributed by atoms with Crippen LogP contribution in [-0.4, -0.2) is 38.2 Å². The van der Waals surface area contributed by atoms with Crippen molar-refractivity contribution in [1.29, 1.82) is 0 Å². The van der Waals surface area contributed by atoms with Gasteiger partial charge in [-0.05, 0) is 51.1 Å². The minimum Gasteiger partial charge on any atom is -0.478 e. The maximum atomic E-state index is 13.0. The number of aromatic carboxylic acids is 1. The number of nitrogens with zero attached hydrogens (tertiary/aromatic N) is 1. The topological polar surface area (TPSA) is 113 Å². The molecule has 0 saturated carbocycles. The highest BCUT2D eigenvalue weighted by Crippen LogP contribution is 2.30. The zero-order valence-electron chi connectivity index (χ0n) is 16.0. The zero-order chi connectivity index (χ0) is 21.1. The number of carboxylic acid groups (broad SMARTS) is 1. The minimum absolute atomic E-state index is 0.144. The Bertz CT molecular complexity index is 995. The van der Waals surface area contributed by atoms with Gasteiger partial charge in [0.1, 0.15) is 5.60 Å². The average Bonchev–Trinajstić information content (AvgIpc) is 2.60. The molecule has 0 aliphatic carbocycles. The first-order valence-corrected chi connectivity index (χ1v) is 9.77. The number of carbonyl (C=O) groups is 2. The second kappa shape index (κ2) is 7.89. The maximum absolute atomic E-state index is 13.0. The van der Waals surface area contributed by atoms with Gasteiger partial charge in [0.25, 0.3) is 10.0 Å². The number of para-hydroxylation sites is 2. The van der Waals surface area contributed by atoms with Crippen molar-refractivity contribution < 1.29 is 27.9 Å². The number of sulfonamides is 1. The van der Waals surface area contributed by atoms with Crippen LogP contribution in [-0.2, 0) is 14.8 Å². The third-order valence-electron chi connectivity index (χ3n) is 3.62. The number of benzene rings is 2. The lowest BCUT2D eigenvalue weighted by atomic mass is 10.2. The highest BCUT2D eigenvalue weighted by atomic mass is 32.2. The molecule has 0 fully saturated rings. The molecule has 0 unspecified atom stereocenters. The summed E-state index contributed by atoms with van der Waals surface area (Å²) >= 11 is 0. The Hall–Kier alpha value is -3.07. The number of ether oxygens (including phenoxy) is 1. The molecule has 8 nitrogen and oxygen atoms in total. The van der Waals surface area contributed by atoms with Gasteiger partial charge in [-0.3, -0.25) is 9.62 Å². The molecule has 0 atom stereocenters. The monoisotopic (exact) mass is 406 g/mol. The van der Waals surface area contributed by atoms with E-state index < -0.39 is 27.7 Å². The van der Waals surface area contributed by atoms with Crippen LogP contribution in [0.5, 0.6) is 0 Å². The van der Waals surface area contributed by atoms with Crippen LogP contribution < -0.4 is 9.62 Å². The molecule has 2 rings (SSSR count). The van der Waals surface area contributed by atoms with Crippen LogP contribution in [0.25, 0.3) is 0 Å². The second-order valence-corrected chi connectivity index (χ2v) is 8.92. The summed E-state index contributed by atoms with van der Waals surface area (Å²) in [6.45, 7) is 5.14. The Morgan fingerprint density at radius 3 is 2.32 bits per heavy atom. The van der Waals surface area contributed by atoms with E-state index in [-0.39, 0.29) is 21.8 Å². The largest absolute Gasteiger partial charge is 0.478 e. The molecule has 0 spiro atoms. The molecule has 150 valence electrons. The smallest absolute Gasteiger partial charge is 0.412 e. The lowest BCUT2D eigenvalue weighted by Gasteiger charge is -2.24. The number of hydrogen-bond acceptors (Lipinski definition) is 5. The summed E-state index contributed by atoms with van der Waals surface area (Å²) in [4.78, 5) is 23.0. The highest BCUT2D eigenvalue weighted by molar-refractivity contribution is 7.92. The van der Waals surface area contributed by atoms with Crippen LogP contribution in [0.2, 0.25) is 0 Å². The summed E-state index contributed by atoms with van der Waals surface area (Å²) in [6, 6.07) is 11.4. The fourth-order valence-corrected chi connectivity index (χ4v) is 3.61. The fourth-order valence-electron chi connectivity index (χ4n) is 2.34. The molecule has 9 heteroatoms. The van der Waals surface area contributed by atoms with Crippen molar-refractivity contribution in [3.8, 4) is 0 Å². The van der Waals surface area contributed by atoms with Crippen molar-refractivity contribution in [3.05, 3.63) is 54.1 Å². The SMILES string of the molecule is CN(c1ccccc1NC(=O)OC(C)(C)C)S(=O)(=O)c1cccc(C(=O)O)c1. The first-order valence-electron chi connectivity index (χ1n) is 8.33. The zero-order valence-corrected chi connectivity index (χ0v) is 16.8. The summed E-state index contributed by atoms with van der Waals surface area (Å²) in [6.07, 6.45) is -0.723. The van der Waals surface area contributed by atoms with Crippen molar-refractivity contribution in [2.24, 2.45) is 0 Å². The minimum atomic E-state index is -4.06. The molecular formula is C19H22N2O6S. The number of nitrogens with one attached hydrogen (secondary N) is 1. The van der Waals surface area contributed by atoms with Gasteiger partial charge in [-0.1, -0.05) is 18.2 Å². The molecule has 2 N–H and O–H groups in total. The fraction of sp³-hybridized carbons (Fsp3) is 0.263. The summed E-state index contributed by atoms with van der Waals surface area (Å²) in [5.74, 6) is -1.23. The highest BCUT2D eigenvalue weighted by Gasteiger charge is 2.25. The molecule has 0 aliphatic heterocycles. The third kappa shape index (κ3) is 5.01. The van der Waals surface area contributed by atoms with E-state index in [9.17, 15) is 18.0 Å². The van der Waals surface area contributed by atoms with Crippen molar-refractivity contribution in [3.63, 3.8) is 0 Å². The van der Waals surface area contributed by atoms with Crippen LogP contribution in [0.3, 0.4) is 0 Å². The van der Waals surface area contributed by atoms with Crippen LogP contribution in [0.4, 0.5) is 16.2 Å². The second-order valence-electron chi connectivity index (χ2n) is 6.95. The average molecular weight is 406 g/mol. The lowest BCUT2D eigenvalue weighted by molar-refractivity contribution is 0.0634. The van der Waals surface area contributed by atoms with Gasteiger partial charge in [0.2, 0.25) is 0 Å². The summed E-state index contributed by atoms with van der Waals surface area (Å²) in [5.41, 5.74) is -0.421. The first-order chi connectivity index (χ1) is 12.9. The van der Waals surface area contributed by atoms with Gasteiger partial charge in [-0.2, -0.15) is 0 Å². The van der Waals surface area contributed by atoms with Crippen LogP contribution in [0.15, 0.2) is 53.4 Å². The molecule has 2 aromatic rings. The lowest BCUT2D eigenvalue weighted by Crippen LogP contribution is -2.30. The standard InChI is InChI=1S/C19H22N2O6S/c1-19(2,3)27-18(24)20-15-10-5-6-11-16(15)21(4)28(25,26)14-9-7-8-13(12-14)17(22)23/h5-12H,1-4H3,(H,20,24)(H,22,23). The molecule has 0 aromatic heterocycles. The molecule has 0 heterocycles. The van der Waals surface area contributed by atoms with E-state index in [1.54, 1.807) is 39.0 Å². The molecule has 0 bridgehead atoms. The number of rotatable bonds is 5. The number of hydrogen-bond donors (Lipinski definition) is 2. The Morgan fingerprint density at radius 1 is 1.07 bits per heavy atom. The number of carbonyl (C=O) groups excluding carboxylic acids is 1. The number of amides is 1. The van der Waals surface area contributed by atoms with Gasteiger partial charge in [0, 0.05) is 7.05 Å². The first kappa shape index (κ1) is 21.2. The normalized spacial score (nSPS) is 11.6. The van der Waals surface area contributed by atoms with Crippen molar-refractivity contribution in [2.45, 2.75) is 31.3 Å². The van der Waals surface area contributed by atoms with Gasteiger partial charge < -0.3 is 9.84 Å². The van der Waals surface area contributed by atoms with Gasteiger partial charge >= 0.3 is 12.1 Å². The quantitative estimate of drug-likeness (QED) is 0.785. The van der Waals surface area contributed by atoms with E-state index in [0.29, 0.717) is 0 Å². The van der Waals surface area contributed by atoms with Gasteiger partial charge in [-0.15, -0.1) is 0 Å². The van der Waals surface area contributed by atoms with E-state index in [4.69, 9.17) is 9.84 Å². The molecule has 0 aliphatic rings. The molecule has 0 radical (unpaired) electrons. The van der Waals surface area contributed by atoms with Crippen molar-refractivity contribution >= 4 is 33.5 Å². The van der Waals surface area contributed by atoms with Crippen LogP contribution in [0, 0.1) is 0 Å². The van der Waals surface area contributed by atoms with E-state index in [1.165, 1.54) is 31.3 Å². The Labute approximate surface area is 163 Å². The van der Waals surface area contributed by atoms with Gasteiger partial charge in [0.05, 0.1) is 21.8 Å². The third-order valence-corrected chi connectivity index (χ3v) is 5.39. The predicted octanol–water partition coefficient (Wildman–Crippen LogP) is 3.56. The summed E-state index contributed by atoms with van der Waals surface area (Å²) in [7, 11) is -2.75. The van der Waals surface area contributed by atoms with Crippen molar-refractivity contribution in [1.82, 2.24) is 0 Å². The molecule has 28 heavy (non-hydrogen) atoms. The van der Waals surface area contributed by atoms with Gasteiger partial charge in [0.15, 0.2) is 0 Å². The van der Waals surface area contributed by atoms with E-state index >= 15 is 0 Å². The number of anilines is 2. The maximum Gasteiger partial charge on any atom is 0.412 e. The van der Waals surface area contributed by atoms with Crippen LogP contribution >= 0.6 is 0 Å². The molecule has 1 amide bonds. The predicted molar refractivity (Wildman–Crippen MR) is 105 cm³/mol. The molecule has 2 aromatic carbocycles. The van der Waals surface area contributed by atoms with Gasteiger partial charge in [-0.25, -0.2) is 18.0 Å². The Morgan fingerprint density at radius 2 is 1.71 bits per heavy atom. The van der Waals surface area contributed by atoms with Crippen LogP contribution in [0.1, 0.15) is 31.1 Å². The Balaban J connectivity index is 2.38. The van der Waals surface area contributed by atoms with E-state index in [2.05, 4.69) is 5.32 Å². The van der Waals surface area contributed by atoms with Crippen molar-refractivity contribution in [2.75, 3.05) is 16.7 Å². The van der Waals surface area contributed by atoms with E-state index in [1.807, 2.05) is 0 Å². The van der Waals surface area contributed by atoms with E-state index in [0.717, 1.165) is 10.4 Å².